The zero-order valence-corrected chi connectivity index (χ0v) is 25.2. The molecule has 2 aliphatic heterocycles. The number of ether oxygens (including phenoxy) is 1. The van der Waals surface area contributed by atoms with Crippen LogP contribution in [-0.4, -0.2) is 72.6 Å². The van der Waals surface area contributed by atoms with E-state index in [-0.39, 0.29) is 49.1 Å². The van der Waals surface area contributed by atoms with Crippen molar-refractivity contribution in [3.05, 3.63) is 65.2 Å². The van der Waals surface area contributed by atoms with Crippen LogP contribution < -0.4 is 9.64 Å². The monoisotopic (exact) mass is 608 g/mol. The summed E-state index contributed by atoms with van der Waals surface area (Å²) in [5, 5.41) is 20.5. The fourth-order valence-electron chi connectivity index (χ4n) is 7.70. The zero-order chi connectivity index (χ0) is 31.4. The molecule has 1 aromatic heterocycles. The van der Waals surface area contributed by atoms with Gasteiger partial charge in [0, 0.05) is 36.6 Å². The van der Waals surface area contributed by atoms with Crippen LogP contribution >= 0.6 is 0 Å². The maximum atomic E-state index is 16.8. The van der Waals surface area contributed by atoms with E-state index in [9.17, 15) is 19.7 Å². The Bertz CT molecular complexity index is 1810. The van der Waals surface area contributed by atoms with Gasteiger partial charge in [0.05, 0.1) is 24.2 Å². The van der Waals surface area contributed by atoms with Gasteiger partial charge in [0.2, 0.25) is 5.88 Å². The summed E-state index contributed by atoms with van der Waals surface area (Å²) < 4.78 is 36.9. The van der Waals surface area contributed by atoms with Gasteiger partial charge in [-0.1, -0.05) is 30.8 Å². The van der Waals surface area contributed by atoms with Gasteiger partial charge in [-0.2, -0.15) is 10.5 Å². The van der Waals surface area contributed by atoms with Crippen LogP contribution in [0.2, 0.25) is 0 Å². The molecule has 3 aromatic rings. The number of halogens is 2. The number of fused-ring (bicyclic) bond motifs is 4. The number of likely N-dealkylation sites (N-methyl/N-ethyl adjacent to an activating group) is 1. The number of carbonyl (C=O) groups is 1. The molecule has 10 heteroatoms. The summed E-state index contributed by atoms with van der Waals surface area (Å²) in [5.74, 6) is -1.26. The van der Waals surface area contributed by atoms with E-state index in [0.29, 0.717) is 35.1 Å². The Hall–Kier alpha value is -4.54. The number of nitriles is 2. The third-order valence-electron chi connectivity index (χ3n) is 10.1. The van der Waals surface area contributed by atoms with E-state index >= 15 is 4.39 Å². The molecule has 0 spiro atoms. The second-order valence-electron chi connectivity index (χ2n) is 12.7. The Kier molecular flexibility index (Phi) is 7.41. The number of carbonyl (C=O) groups excluding carboxylic acids is 1. The Labute approximate surface area is 261 Å². The number of hydrogen-bond donors (Lipinski definition) is 0. The lowest BCUT2D eigenvalue weighted by Crippen LogP contribution is -2.55. The smallest absolute Gasteiger partial charge is 0.282 e. The van der Waals surface area contributed by atoms with Gasteiger partial charge in [0.25, 0.3) is 5.91 Å². The number of hydrogen-bond acceptors (Lipinski definition) is 7. The van der Waals surface area contributed by atoms with E-state index < -0.39 is 23.6 Å². The molecule has 2 saturated heterocycles. The van der Waals surface area contributed by atoms with Crippen molar-refractivity contribution in [2.45, 2.75) is 50.1 Å². The van der Waals surface area contributed by atoms with Gasteiger partial charge in [0.15, 0.2) is 11.6 Å². The van der Waals surface area contributed by atoms with Crippen LogP contribution in [0.3, 0.4) is 0 Å². The first-order valence-corrected chi connectivity index (χ1v) is 15.6. The molecule has 45 heavy (non-hydrogen) atoms. The highest BCUT2D eigenvalue weighted by Gasteiger charge is 2.46. The Morgan fingerprint density at radius 2 is 2.00 bits per heavy atom. The van der Waals surface area contributed by atoms with Gasteiger partial charge >= 0.3 is 0 Å². The summed E-state index contributed by atoms with van der Waals surface area (Å²) in [6.07, 6.45) is 4.11. The topological polar surface area (TPSA) is 96.5 Å². The largest absolute Gasteiger partial charge is 0.475 e. The quantitative estimate of drug-likeness (QED) is 0.329. The van der Waals surface area contributed by atoms with Crippen molar-refractivity contribution in [3.8, 4) is 29.1 Å². The molecule has 3 heterocycles. The van der Waals surface area contributed by atoms with Crippen LogP contribution in [0.25, 0.3) is 22.0 Å². The summed E-state index contributed by atoms with van der Waals surface area (Å²) in [7, 11) is 2.03. The van der Waals surface area contributed by atoms with Crippen LogP contribution in [0, 0.1) is 34.4 Å². The number of amides is 1. The molecule has 4 atom stereocenters. The fraction of sp³-hybridized carbons (Fsp3) is 0.429. The normalized spacial score (nSPS) is 23.8. The molecule has 0 radical (unpaired) electrons. The van der Waals surface area contributed by atoms with Gasteiger partial charge in [-0.3, -0.25) is 4.79 Å². The summed E-state index contributed by atoms with van der Waals surface area (Å²) in [5.41, 5.74) is 4.57. The van der Waals surface area contributed by atoms with Crippen molar-refractivity contribution in [1.29, 1.82) is 10.5 Å². The molecule has 8 nitrogen and oxygen atoms in total. The number of likely N-dealkylation sites (tertiary alicyclic amines) is 1. The minimum atomic E-state index is -1.09. The van der Waals surface area contributed by atoms with Crippen LogP contribution in [-0.2, 0) is 11.2 Å². The highest BCUT2D eigenvalue weighted by atomic mass is 19.1. The van der Waals surface area contributed by atoms with Crippen molar-refractivity contribution in [2.24, 2.45) is 5.92 Å². The Morgan fingerprint density at radius 3 is 2.73 bits per heavy atom. The van der Waals surface area contributed by atoms with E-state index in [0.717, 1.165) is 37.8 Å². The van der Waals surface area contributed by atoms with E-state index in [2.05, 4.69) is 34.7 Å². The molecule has 2 aromatic carbocycles. The number of piperazine rings is 1. The van der Waals surface area contributed by atoms with Gasteiger partial charge in [-0.25, -0.2) is 13.8 Å². The Balaban J connectivity index is 1.35. The number of aromatic nitrogens is 1. The highest BCUT2D eigenvalue weighted by molar-refractivity contribution is 5.99. The first kappa shape index (κ1) is 29.2. The average Bonchev–Trinajstić information content (AvgIpc) is 3.51. The van der Waals surface area contributed by atoms with E-state index in [1.165, 1.54) is 16.0 Å². The number of rotatable bonds is 7. The minimum absolute atomic E-state index is 0.0441. The number of nitrogens with zero attached hydrogens (tertiary/aromatic N) is 6. The standard InChI is InChI=1S/C35H34F2N6O2/c1-20(36)35(44)43-14-13-42(18-23(43)10-11-38)33-27-9-8-26(25-7-3-5-21-15-22-16-28(22)30(21)25)31(37)32(27)40-34(29(33)17-39)45-19-24-6-4-12-41(24)2/h3,5,7-9,22-24,28H,1,4,6,10,12-16,18-19H2,2H3/t22?,23-,24-,28?/m0/s1. The molecule has 230 valence electrons. The van der Waals surface area contributed by atoms with Gasteiger partial charge in [-0.05, 0) is 73.9 Å². The molecule has 7 rings (SSSR count). The van der Waals surface area contributed by atoms with Gasteiger partial charge in [0.1, 0.15) is 23.8 Å². The summed E-state index contributed by atoms with van der Waals surface area (Å²) in [6.45, 7) is 4.88. The predicted molar refractivity (Wildman–Crippen MR) is 166 cm³/mol. The molecule has 0 bridgehead atoms. The molecule has 0 N–H and O–H groups in total. The van der Waals surface area contributed by atoms with Crippen molar-refractivity contribution in [1.82, 2.24) is 14.8 Å². The lowest BCUT2D eigenvalue weighted by molar-refractivity contribution is -0.131. The van der Waals surface area contributed by atoms with E-state index in [1.54, 1.807) is 6.07 Å². The van der Waals surface area contributed by atoms with Crippen LogP contribution in [0.4, 0.5) is 14.5 Å². The third kappa shape index (κ3) is 4.98. The maximum Gasteiger partial charge on any atom is 0.282 e. The molecular formula is C35H34F2N6O2. The van der Waals surface area contributed by atoms with Crippen molar-refractivity contribution >= 4 is 22.5 Å². The molecule has 1 saturated carbocycles. The van der Waals surface area contributed by atoms with Crippen molar-refractivity contribution in [2.75, 3.05) is 44.7 Å². The van der Waals surface area contributed by atoms with E-state index in [4.69, 9.17) is 4.74 Å². The lowest BCUT2D eigenvalue weighted by atomic mass is 9.92. The number of pyridine rings is 1. The minimum Gasteiger partial charge on any atom is -0.475 e. The highest BCUT2D eigenvalue weighted by Crippen LogP contribution is 2.59. The summed E-state index contributed by atoms with van der Waals surface area (Å²) in [6, 6.07) is 13.5. The van der Waals surface area contributed by atoms with Crippen LogP contribution in [0.5, 0.6) is 5.88 Å². The van der Waals surface area contributed by atoms with Gasteiger partial charge in [-0.15, -0.1) is 0 Å². The zero-order valence-electron chi connectivity index (χ0n) is 25.2. The molecular weight excluding hydrogens is 574 g/mol. The number of anilines is 1. The second-order valence-corrected chi connectivity index (χ2v) is 12.7. The Morgan fingerprint density at radius 1 is 1.16 bits per heavy atom. The molecule has 4 aliphatic rings. The fourth-order valence-corrected chi connectivity index (χ4v) is 7.70. The molecule has 2 aliphatic carbocycles. The SMILES string of the molecule is C=C(F)C(=O)N1CCN(c2c(C#N)c(OC[C@@H]3CCCN3C)nc3c(F)c(-c4cccc5c4C4CC4C5)ccc23)C[C@@H]1CC#N. The number of benzene rings is 2. The van der Waals surface area contributed by atoms with Crippen molar-refractivity contribution in [3.63, 3.8) is 0 Å². The third-order valence-corrected chi connectivity index (χ3v) is 10.1. The first-order chi connectivity index (χ1) is 21.8. The maximum absolute atomic E-state index is 16.8. The molecule has 2 unspecified atom stereocenters. The summed E-state index contributed by atoms with van der Waals surface area (Å²) in [4.78, 5) is 22.6. The summed E-state index contributed by atoms with van der Waals surface area (Å²) >= 11 is 0. The van der Waals surface area contributed by atoms with Gasteiger partial charge < -0.3 is 19.4 Å². The second kappa shape index (κ2) is 11.4. The van der Waals surface area contributed by atoms with Crippen molar-refractivity contribution < 1.29 is 18.3 Å². The lowest BCUT2D eigenvalue weighted by Gasteiger charge is -2.42. The average molecular weight is 609 g/mol. The molecule has 3 fully saturated rings. The first-order valence-electron chi connectivity index (χ1n) is 15.6. The van der Waals surface area contributed by atoms with Crippen LogP contribution in [0.1, 0.15) is 48.3 Å². The predicted octanol–water partition coefficient (Wildman–Crippen LogP) is 5.46. The van der Waals surface area contributed by atoms with E-state index in [1.807, 2.05) is 30.1 Å². The molecule has 1 amide bonds. The van der Waals surface area contributed by atoms with Crippen LogP contribution in [0.15, 0.2) is 42.7 Å².